The van der Waals surface area contributed by atoms with Gasteiger partial charge < -0.3 is 4.74 Å². The maximum Gasteiger partial charge on any atom is 0.359 e. The maximum absolute atomic E-state index is 13.8. The average Bonchev–Trinajstić information content (AvgIpc) is 2.88. The molecule has 0 unspecified atom stereocenters. The highest BCUT2D eigenvalue weighted by molar-refractivity contribution is 6.01. The minimum absolute atomic E-state index is 0.105. The molecule has 0 fully saturated rings. The Morgan fingerprint density at radius 2 is 1.96 bits per heavy atom. The van der Waals surface area contributed by atoms with Crippen molar-refractivity contribution in [1.82, 2.24) is 14.8 Å². The van der Waals surface area contributed by atoms with Crippen LogP contribution in [0.4, 0.5) is 13.2 Å². The summed E-state index contributed by atoms with van der Waals surface area (Å²) in [4.78, 5) is 15.6. The van der Waals surface area contributed by atoms with Crippen molar-refractivity contribution in [3.63, 3.8) is 0 Å². The molecule has 0 aliphatic heterocycles. The van der Waals surface area contributed by atoms with Gasteiger partial charge in [-0.15, -0.1) is 0 Å². The number of hydrogen-bond donors (Lipinski definition) is 0. The molecule has 23 heavy (non-hydrogen) atoms. The number of pyridine rings is 1. The highest BCUT2D eigenvalue weighted by Crippen LogP contribution is 2.21. The second-order valence-electron chi connectivity index (χ2n) is 4.72. The SMILES string of the molecule is COC(=O)c1nn(Cc2c(F)cccc2F)c2ncc(F)cc12. The van der Waals surface area contributed by atoms with Crippen molar-refractivity contribution in [2.24, 2.45) is 0 Å². The fourth-order valence-electron chi connectivity index (χ4n) is 2.22. The van der Waals surface area contributed by atoms with Gasteiger partial charge in [-0.25, -0.2) is 27.6 Å². The van der Waals surface area contributed by atoms with Gasteiger partial charge in [-0.2, -0.15) is 5.10 Å². The van der Waals surface area contributed by atoms with Gasteiger partial charge in [0.05, 0.1) is 25.2 Å². The van der Waals surface area contributed by atoms with E-state index in [0.29, 0.717) is 0 Å². The average molecular weight is 321 g/mol. The molecule has 2 heterocycles. The van der Waals surface area contributed by atoms with Gasteiger partial charge in [0.25, 0.3) is 0 Å². The molecular formula is C15H10F3N3O2. The van der Waals surface area contributed by atoms with E-state index < -0.39 is 23.4 Å². The summed E-state index contributed by atoms with van der Waals surface area (Å²) in [7, 11) is 1.15. The number of benzene rings is 1. The summed E-state index contributed by atoms with van der Waals surface area (Å²) < 4.78 is 46.6. The fourth-order valence-corrected chi connectivity index (χ4v) is 2.22. The number of carbonyl (C=O) groups excluding carboxylic acids is 1. The van der Waals surface area contributed by atoms with Crippen molar-refractivity contribution in [2.75, 3.05) is 7.11 Å². The molecule has 0 spiro atoms. The van der Waals surface area contributed by atoms with E-state index in [0.717, 1.165) is 36.2 Å². The summed E-state index contributed by atoms with van der Waals surface area (Å²) in [6.45, 7) is -0.301. The molecule has 0 N–H and O–H groups in total. The molecule has 3 aromatic rings. The number of aromatic nitrogens is 3. The summed E-state index contributed by atoms with van der Waals surface area (Å²) in [6.07, 6.45) is 0.930. The molecule has 8 heteroatoms. The lowest BCUT2D eigenvalue weighted by molar-refractivity contribution is 0.0595. The van der Waals surface area contributed by atoms with E-state index in [-0.39, 0.29) is 28.8 Å². The quantitative estimate of drug-likeness (QED) is 0.696. The third kappa shape index (κ3) is 2.63. The predicted molar refractivity (Wildman–Crippen MR) is 74.3 cm³/mol. The van der Waals surface area contributed by atoms with Gasteiger partial charge in [0.15, 0.2) is 11.3 Å². The van der Waals surface area contributed by atoms with E-state index in [4.69, 9.17) is 0 Å². The number of carbonyl (C=O) groups is 1. The summed E-state index contributed by atoms with van der Waals surface area (Å²) in [6, 6.07) is 4.52. The Hall–Kier alpha value is -2.90. The first-order valence-electron chi connectivity index (χ1n) is 6.54. The Balaban J connectivity index is 2.16. The molecule has 118 valence electrons. The smallest absolute Gasteiger partial charge is 0.359 e. The first kappa shape index (κ1) is 15.0. The van der Waals surface area contributed by atoms with Gasteiger partial charge >= 0.3 is 5.97 Å². The molecule has 0 radical (unpaired) electrons. The third-order valence-electron chi connectivity index (χ3n) is 3.30. The first-order chi connectivity index (χ1) is 11.0. The minimum atomic E-state index is -0.796. The van der Waals surface area contributed by atoms with Crippen LogP contribution in [0.2, 0.25) is 0 Å². The van der Waals surface area contributed by atoms with Crippen LogP contribution in [0.25, 0.3) is 11.0 Å². The number of rotatable bonds is 3. The molecule has 3 rings (SSSR count). The molecular weight excluding hydrogens is 311 g/mol. The second kappa shape index (κ2) is 5.71. The van der Waals surface area contributed by atoms with Crippen molar-refractivity contribution in [1.29, 1.82) is 0 Å². The Labute approximate surface area is 128 Å². The van der Waals surface area contributed by atoms with Crippen LogP contribution in [0.15, 0.2) is 30.5 Å². The Kier molecular flexibility index (Phi) is 3.73. The van der Waals surface area contributed by atoms with Crippen molar-refractivity contribution in [3.05, 3.63) is 59.2 Å². The van der Waals surface area contributed by atoms with E-state index in [1.54, 1.807) is 0 Å². The summed E-state index contributed by atoms with van der Waals surface area (Å²) in [5, 5.41) is 4.06. The number of halogens is 3. The van der Waals surface area contributed by atoms with E-state index in [1.165, 1.54) is 6.07 Å². The lowest BCUT2D eigenvalue weighted by Crippen LogP contribution is -2.09. The normalized spacial score (nSPS) is 11.0. The zero-order valence-corrected chi connectivity index (χ0v) is 11.9. The Morgan fingerprint density at radius 1 is 1.26 bits per heavy atom. The molecule has 0 aliphatic carbocycles. The maximum atomic E-state index is 13.8. The zero-order chi connectivity index (χ0) is 16.6. The molecule has 0 saturated heterocycles. The summed E-state index contributed by atoms with van der Waals surface area (Å²) >= 11 is 0. The first-order valence-corrected chi connectivity index (χ1v) is 6.54. The fraction of sp³-hybridized carbons (Fsp3) is 0.133. The van der Waals surface area contributed by atoms with E-state index in [9.17, 15) is 18.0 Å². The van der Waals surface area contributed by atoms with E-state index in [2.05, 4.69) is 14.8 Å². The minimum Gasteiger partial charge on any atom is -0.464 e. The molecule has 0 atom stereocenters. The number of hydrogen-bond acceptors (Lipinski definition) is 4. The molecule has 5 nitrogen and oxygen atoms in total. The van der Waals surface area contributed by atoms with Crippen LogP contribution < -0.4 is 0 Å². The number of esters is 1. The Bertz CT molecular complexity index is 888. The van der Waals surface area contributed by atoms with Gasteiger partial charge in [0, 0.05) is 5.56 Å². The van der Waals surface area contributed by atoms with Crippen molar-refractivity contribution in [2.45, 2.75) is 6.54 Å². The lowest BCUT2D eigenvalue weighted by Gasteiger charge is -2.05. The van der Waals surface area contributed by atoms with Gasteiger partial charge in [-0.3, -0.25) is 0 Å². The zero-order valence-electron chi connectivity index (χ0n) is 11.9. The highest BCUT2D eigenvalue weighted by atomic mass is 19.1. The van der Waals surface area contributed by atoms with Crippen LogP contribution in [0, 0.1) is 17.5 Å². The second-order valence-corrected chi connectivity index (χ2v) is 4.72. The van der Waals surface area contributed by atoms with Gasteiger partial charge in [0.1, 0.15) is 17.5 Å². The van der Waals surface area contributed by atoms with Crippen molar-refractivity contribution in [3.8, 4) is 0 Å². The number of nitrogens with zero attached hydrogens (tertiary/aromatic N) is 3. The van der Waals surface area contributed by atoms with Crippen LogP contribution in [0.5, 0.6) is 0 Å². The van der Waals surface area contributed by atoms with E-state index in [1.807, 2.05) is 0 Å². The largest absolute Gasteiger partial charge is 0.464 e. The van der Waals surface area contributed by atoms with Crippen LogP contribution in [-0.2, 0) is 11.3 Å². The van der Waals surface area contributed by atoms with E-state index >= 15 is 0 Å². The molecule has 2 aromatic heterocycles. The van der Waals surface area contributed by atoms with Gasteiger partial charge in [-0.05, 0) is 18.2 Å². The van der Waals surface area contributed by atoms with Crippen molar-refractivity contribution >= 4 is 17.0 Å². The van der Waals surface area contributed by atoms with Crippen LogP contribution in [0.3, 0.4) is 0 Å². The molecule has 0 saturated carbocycles. The number of fused-ring (bicyclic) bond motifs is 1. The lowest BCUT2D eigenvalue weighted by atomic mass is 10.2. The standard InChI is InChI=1S/C15H10F3N3O2/c1-23-15(22)13-9-5-8(16)6-19-14(9)21(20-13)7-10-11(17)3-2-4-12(10)18/h2-6H,7H2,1H3. The summed E-state index contributed by atoms with van der Waals surface area (Å²) in [5.41, 5.74) is -0.292. The number of ether oxygens (including phenoxy) is 1. The van der Waals surface area contributed by atoms with Crippen molar-refractivity contribution < 1.29 is 22.7 Å². The molecule has 0 bridgehead atoms. The van der Waals surface area contributed by atoms with Gasteiger partial charge in [0.2, 0.25) is 0 Å². The predicted octanol–water partition coefficient (Wildman–Crippen LogP) is 2.68. The molecule has 1 aromatic carbocycles. The van der Waals surface area contributed by atoms with Crippen LogP contribution >= 0.6 is 0 Å². The number of methoxy groups -OCH3 is 1. The third-order valence-corrected chi connectivity index (χ3v) is 3.30. The van der Waals surface area contributed by atoms with Crippen LogP contribution in [-0.4, -0.2) is 27.8 Å². The topological polar surface area (TPSA) is 57.0 Å². The molecule has 0 aliphatic rings. The summed E-state index contributed by atoms with van der Waals surface area (Å²) in [5.74, 6) is -2.97. The van der Waals surface area contributed by atoms with Gasteiger partial charge in [-0.1, -0.05) is 6.07 Å². The Morgan fingerprint density at radius 3 is 2.61 bits per heavy atom. The highest BCUT2D eigenvalue weighted by Gasteiger charge is 2.21. The monoisotopic (exact) mass is 321 g/mol. The van der Waals surface area contributed by atoms with Crippen LogP contribution in [0.1, 0.15) is 16.1 Å². The molecule has 0 amide bonds.